The van der Waals surface area contributed by atoms with Gasteiger partial charge in [0.2, 0.25) is 5.91 Å². The number of carbonyl (C=O) groups excluding carboxylic acids is 1. The number of rotatable bonds is 8. The minimum Gasteiger partial charge on any atom is -0.352 e. The largest absolute Gasteiger partial charge is 0.352 e. The lowest BCUT2D eigenvalue weighted by Gasteiger charge is -2.20. The van der Waals surface area contributed by atoms with Crippen LogP contribution < -0.4 is 15.6 Å². The number of anilines is 5. The van der Waals surface area contributed by atoms with Crippen molar-refractivity contribution in [2.75, 3.05) is 15.6 Å². The second-order valence-corrected chi connectivity index (χ2v) is 7.10. The normalized spacial score (nSPS) is 10.2. The molecule has 0 fully saturated rings. The van der Waals surface area contributed by atoms with Crippen molar-refractivity contribution in [2.24, 2.45) is 5.29 Å². The van der Waals surface area contributed by atoms with Crippen molar-refractivity contribution in [1.82, 2.24) is 4.98 Å². The summed E-state index contributed by atoms with van der Waals surface area (Å²) >= 11 is 0. The molecule has 0 aliphatic carbocycles. The molecule has 4 rings (SSSR count). The van der Waals surface area contributed by atoms with Crippen LogP contribution in [0.2, 0.25) is 0 Å². The van der Waals surface area contributed by atoms with Crippen LogP contribution in [0.3, 0.4) is 0 Å². The molecule has 2 N–H and O–H groups in total. The highest BCUT2D eigenvalue weighted by molar-refractivity contribution is 5.99. The maximum Gasteiger partial charge on any atom is 0.247 e. The molecule has 0 radical (unpaired) electrons. The second-order valence-electron chi connectivity index (χ2n) is 7.10. The molecule has 0 aliphatic rings. The molecule has 1 amide bonds. The first-order valence-electron chi connectivity index (χ1n) is 10.2. The van der Waals surface area contributed by atoms with Gasteiger partial charge in [-0.05, 0) is 53.6 Å². The first-order valence-corrected chi connectivity index (χ1v) is 10.2. The Labute approximate surface area is 191 Å². The molecule has 162 valence electrons. The van der Waals surface area contributed by atoms with Crippen molar-refractivity contribution in [1.29, 1.82) is 0 Å². The molecule has 1 aromatic heterocycles. The quantitative estimate of drug-likeness (QED) is 0.189. The van der Waals surface area contributed by atoms with Crippen molar-refractivity contribution >= 4 is 34.3 Å². The number of nitrogens with one attached hydrogen (secondary N) is 2. The van der Waals surface area contributed by atoms with Crippen LogP contribution in [-0.4, -0.2) is 10.9 Å². The summed E-state index contributed by atoms with van der Waals surface area (Å²) in [6.07, 6.45) is 4.39. The van der Waals surface area contributed by atoms with E-state index in [1.807, 2.05) is 42.5 Å². The minimum atomic E-state index is -0.344. The summed E-state index contributed by atoms with van der Waals surface area (Å²) in [6, 6.07) is 26.6. The Kier molecular flexibility index (Phi) is 6.51. The number of hydrogen-bond acceptors (Lipinski definition) is 5. The van der Waals surface area contributed by atoms with E-state index in [1.54, 1.807) is 42.7 Å². The summed E-state index contributed by atoms with van der Waals surface area (Å²) < 4.78 is 0. The van der Waals surface area contributed by atoms with E-state index in [9.17, 15) is 9.70 Å². The highest BCUT2D eigenvalue weighted by atomic mass is 16.3. The van der Waals surface area contributed by atoms with E-state index in [2.05, 4.69) is 39.6 Å². The van der Waals surface area contributed by atoms with Gasteiger partial charge in [0.05, 0.1) is 28.5 Å². The molecule has 1 heterocycles. The summed E-state index contributed by atoms with van der Waals surface area (Å²) in [7, 11) is 0. The summed E-state index contributed by atoms with van der Waals surface area (Å²) in [5, 5.41) is 10.4. The molecule has 0 spiro atoms. The Morgan fingerprint density at radius 3 is 2.39 bits per heavy atom. The predicted octanol–water partition coefficient (Wildman–Crippen LogP) is 6.44. The van der Waals surface area contributed by atoms with Gasteiger partial charge in [-0.2, -0.15) is 5.01 Å². The third-order valence-electron chi connectivity index (χ3n) is 4.92. The van der Waals surface area contributed by atoms with Gasteiger partial charge in [-0.15, -0.1) is 4.91 Å². The smallest absolute Gasteiger partial charge is 0.247 e. The van der Waals surface area contributed by atoms with Gasteiger partial charge in [-0.3, -0.25) is 9.78 Å². The molecule has 4 aromatic rings. The zero-order valence-electron chi connectivity index (χ0n) is 17.7. The first-order chi connectivity index (χ1) is 16.2. The van der Waals surface area contributed by atoms with Crippen LogP contribution in [0, 0.1) is 4.91 Å². The fraction of sp³-hybridized carbons (Fsp3) is 0. The Bertz CT molecular complexity index is 1270. The fourth-order valence-corrected chi connectivity index (χ4v) is 3.34. The monoisotopic (exact) mass is 435 g/mol. The highest BCUT2D eigenvalue weighted by Crippen LogP contribution is 2.35. The van der Waals surface area contributed by atoms with E-state index in [0.29, 0.717) is 22.7 Å². The Morgan fingerprint density at radius 2 is 1.67 bits per heavy atom. The van der Waals surface area contributed by atoms with Gasteiger partial charge >= 0.3 is 0 Å². The molecule has 0 atom stereocenters. The highest BCUT2D eigenvalue weighted by Gasteiger charge is 2.15. The minimum absolute atomic E-state index is 0.344. The average Bonchev–Trinajstić information content (AvgIpc) is 2.87. The van der Waals surface area contributed by atoms with Crippen LogP contribution in [-0.2, 0) is 4.79 Å². The van der Waals surface area contributed by atoms with Crippen molar-refractivity contribution in [3.8, 4) is 11.1 Å². The lowest BCUT2D eigenvalue weighted by atomic mass is 10.1. The SMILES string of the molecule is C=CC(=O)Nc1cccc(N(N=O)c2ccncc2Nc2ccc(-c3ccccc3)cc2)c1. The third-order valence-corrected chi connectivity index (χ3v) is 4.92. The standard InChI is InChI=1S/C26H21N5O2/c1-2-26(32)29-22-9-6-10-23(17-22)31(30-33)25-15-16-27-18-24(25)28-21-13-11-20(12-14-21)19-7-4-3-5-8-19/h2-18,28H,1H2,(H,29,32). The number of nitrogens with zero attached hydrogens (tertiary/aromatic N) is 3. The second kappa shape index (κ2) is 10.0. The number of pyridine rings is 1. The van der Waals surface area contributed by atoms with Gasteiger partial charge in [0.1, 0.15) is 0 Å². The van der Waals surface area contributed by atoms with Gasteiger partial charge in [0.15, 0.2) is 0 Å². The number of aromatic nitrogens is 1. The van der Waals surface area contributed by atoms with E-state index >= 15 is 0 Å². The third kappa shape index (κ3) is 5.11. The lowest BCUT2D eigenvalue weighted by molar-refractivity contribution is -0.111. The lowest BCUT2D eigenvalue weighted by Crippen LogP contribution is -2.12. The molecule has 0 bridgehead atoms. The molecule has 33 heavy (non-hydrogen) atoms. The summed E-state index contributed by atoms with van der Waals surface area (Å²) in [5.74, 6) is -0.344. The van der Waals surface area contributed by atoms with E-state index in [1.165, 1.54) is 11.1 Å². The predicted molar refractivity (Wildman–Crippen MR) is 133 cm³/mol. The molecular weight excluding hydrogens is 414 g/mol. The van der Waals surface area contributed by atoms with Gasteiger partial charge in [-0.1, -0.05) is 55.1 Å². The van der Waals surface area contributed by atoms with Gasteiger partial charge < -0.3 is 10.6 Å². The number of carbonyl (C=O) groups is 1. The van der Waals surface area contributed by atoms with Gasteiger partial charge in [0.25, 0.3) is 0 Å². The molecule has 0 saturated heterocycles. The number of benzene rings is 3. The fourth-order valence-electron chi connectivity index (χ4n) is 3.34. The zero-order valence-corrected chi connectivity index (χ0v) is 17.7. The Balaban J connectivity index is 1.60. The maximum atomic E-state index is 11.8. The number of hydrogen-bond donors (Lipinski definition) is 2. The molecule has 0 aliphatic heterocycles. The van der Waals surface area contributed by atoms with E-state index in [0.717, 1.165) is 16.8 Å². The first kappa shape index (κ1) is 21.5. The maximum absolute atomic E-state index is 11.8. The molecule has 7 heteroatoms. The van der Waals surface area contributed by atoms with Crippen LogP contribution in [0.25, 0.3) is 11.1 Å². The van der Waals surface area contributed by atoms with E-state index in [-0.39, 0.29) is 5.91 Å². The van der Waals surface area contributed by atoms with Gasteiger partial charge in [-0.25, -0.2) is 0 Å². The van der Waals surface area contributed by atoms with Crippen LogP contribution in [0.4, 0.5) is 28.4 Å². The van der Waals surface area contributed by atoms with Crippen molar-refractivity contribution in [3.63, 3.8) is 0 Å². The van der Waals surface area contributed by atoms with Crippen molar-refractivity contribution < 1.29 is 4.79 Å². The molecule has 7 nitrogen and oxygen atoms in total. The summed E-state index contributed by atoms with van der Waals surface area (Å²) in [6.45, 7) is 3.45. The van der Waals surface area contributed by atoms with Crippen LogP contribution in [0.1, 0.15) is 0 Å². The molecule has 3 aromatic carbocycles. The number of nitroso groups, excluding NO2 is 1. The average molecular weight is 435 g/mol. The topological polar surface area (TPSA) is 86.7 Å². The van der Waals surface area contributed by atoms with E-state index < -0.39 is 0 Å². The van der Waals surface area contributed by atoms with Crippen LogP contribution in [0.5, 0.6) is 0 Å². The molecular formula is C26H21N5O2. The molecule has 0 unspecified atom stereocenters. The van der Waals surface area contributed by atoms with Crippen LogP contribution >= 0.6 is 0 Å². The van der Waals surface area contributed by atoms with Crippen molar-refractivity contribution in [2.45, 2.75) is 0 Å². The zero-order chi connectivity index (χ0) is 23.0. The Hall–Kier alpha value is -4.78. The van der Waals surface area contributed by atoms with Crippen molar-refractivity contribution in [3.05, 3.63) is 115 Å². The van der Waals surface area contributed by atoms with Crippen LogP contribution in [0.15, 0.2) is 115 Å². The Morgan fingerprint density at radius 1 is 0.909 bits per heavy atom. The summed E-state index contributed by atoms with van der Waals surface area (Å²) in [5.41, 5.74) is 5.19. The van der Waals surface area contributed by atoms with E-state index in [4.69, 9.17) is 0 Å². The van der Waals surface area contributed by atoms with Gasteiger partial charge in [0, 0.05) is 17.6 Å². The number of amides is 1. The summed E-state index contributed by atoms with van der Waals surface area (Å²) in [4.78, 5) is 27.6. The molecule has 0 saturated carbocycles.